The first kappa shape index (κ1) is 9.88. The van der Waals surface area contributed by atoms with E-state index in [4.69, 9.17) is 17.3 Å². The van der Waals surface area contributed by atoms with Crippen molar-refractivity contribution in [3.8, 4) is 0 Å². The maximum atomic E-state index is 10.7. The second-order valence-corrected chi connectivity index (χ2v) is 3.35. The molecule has 0 saturated carbocycles. The van der Waals surface area contributed by atoms with Gasteiger partial charge in [0.1, 0.15) is 5.52 Å². The quantitative estimate of drug-likeness (QED) is 0.619. The van der Waals surface area contributed by atoms with Gasteiger partial charge in [-0.25, -0.2) is 0 Å². The number of nitrogens with zero attached hydrogens (tertiary/aromatic N) is 3. The van der Waals surface area contributed by atoms with Crippen LogP contribution in [0.15, 0.2) is 18.3 Å². The third-order valence-electron chi connectivity index (χ3n) is 2.01. The van der Waals surface area contributed by atoms with Crippen LogP contribution in [-0.4, -0.2) is 14.3 Å². The molecule has 2 heterocycles. The first-order valence-corrected chi connectivity index (χ1v) is 4.52. The minimum Gasteiger partial charge on any atom is -0.358 e. The summed E-state index contributed by atoms with van der Waals surface area (Å²) in [6.07, 6.45) is 1.61. The number of halogens is 1. The zero-order valence-corrected chi connectivity index (χ0v) is 8.31. The molecule has 78 valence electrons. The number of rotatable bonds is 2. The lowest BCUT2D eigenvalue weighted by atomic mass is 10.4. The van der Waals surface area contributed by atoms with Gasteiger partial charge in [0.05, 0.1) is 6.54 Å². The van der Waals surface area contributed by atoms with Gasteiger partial charge in [-0.2, -0.15) is 0 Å². The van der Waals surface area contributed by atoms with Gasteiger partial charge < -0.3 is 15.8 Å². The molecule has 15 heavy (non-hydrogen) atoms. The molecule has 0 spiro atoms. The first-order chi connectivity index (χ1) is 7.13. The molecular weight excluding hydrogens is 220 g/mol. The van der Waals surface area contributed by atoms with Crippen molar-refractivity contribution in [2.75, 3.05) is 0 Å². The molecule has 0 radical (unpaired) electrons. The predicted molar refractivity (Wildman–Crippen MR) is 54.7 cm³/mol. The van der Waals surface area contributed by atoms with Crippen LogP contribution in [0.4, 0.5) is 5.82 Å². The molecule has 0 bridgehead atoms. The Labute approximate surface area is 89.4 Å². The van der Waals surface area contributed by atoms with E-state index in [0.717, 1.165) is 0 Å². The van der Waals surface area contributed by atoms with Gasteiger partial charge in [0.2, 0.25) is 5.82 Å². The van der Waals surface area contributed by atoms with Gasteiger partial charge in [0.25, 0.3) is 0 Å². The Morgan fingerprint density at radius 3 is 3.00 bits per heavy atom. The van der Waals surface area contributed by atoms with Crippen molar-refractivity contribution in [2.45, 2.75) is 6.54 Å². The third-order valence-corrected chi connectivity index (χ3v) is 2.25. The summed E-state index contributed by atoms with van der Waals surface area (Å²) in [7, 11) is 0. The molecule has 2 aromatic rings. The number of pyridine rings is 1. The van der Waals surface area contributed by atoms with E-state index in [-0.39, 0.29) is 12.4 Å². The monoisotopic (exact) mass is 226 g/mol. The molecule has 7 heteroatoms. The van der Waals surface area contributed by atoms with E-state index < -0.39 is 4.92 Å². The number of fused-ring (bicyclic) bond motifs is 1. The number of nitro groups is 1. The van der Waals surface area contributed by atoms with Crippen molar-refractivity contribution in [2.24, 2.45) is 5.73 Å². The zero-order chi connectivity index (χ0) is 11.0. The number of nitrogens with two attached hydrogens (primary N) is 1. The van der Waals surface area contributed by atoms with E-state index in [1.54, 1.807) is 16.7 Å². The summed E-state index contributed by atoms with van der Waals surface area (Å²) in [5, 5.41) is 11.1. The summed E-state index contributed by atoms with van der Waals surface area (Å²) in [4.78, 5) is 14.0. The Bertz CT molecular complexity index is 537. The minimum absolute atomic E-state index is 0.136. The molecule has 0 atom stereocenters. The SMILES string of the molecule is NCc1nc([N+](=O)[O-])c2cc(Cl)ccn12. The molecule has 0 unspecified atom stereocenters. The summed E-state index contributed by atoms with van der Waals surface area (Å²) in [5.41, 5.74) is 5.78. The Hall–Kier alpha value is -1.66. The van der Waals surface area contributed by atoms with Crippen LogP contribution in [0.2, 0.25) is 5.02 Å². The fraction of sp³-hybridized carbons (Fsp3) is 0.125. The fourth-order valence-electron chi connectivity index (χ4n) is 1.38. The number of hydrogen-bond donors (Lipinski definition) is 1. The van der Waals surface area contributed by atoms with Crippen LogP contribution in [0.3, 0.4) is 0 Å². The maximum absolute atomic E-state index is 10.7. The van der Waals surface area contributed by atoms with Gasteiger partial charge in [0.15, 0.2) is 0 Å². The Kier molecular flexibility index (Phi) is 2.29. The highest BCUT2D eigenvalue weighted by molar-refractivity contribution is 6.30. The summed E-state index contributed by atoms with van der Waals surface area (Å²) >= 11 is 5.75. The number of aromatic nitrogens is 2. The highest BCUT2D eigenvalue weighted by atomic mass is 35.5. The highest BCUT2D eigenvalue weighted by Gasteiger charge is 2.20. The maximum Gasteiger partial charge on any atom is 0.389 e. The van der Waals surface area contributed by atoms with Crippen molar-refractivity contribution in [3.63, 3.8) is 0 Å². The van der Waals surface area contributed by atoms with Crippen molar-refractivity contribution < 1.29 is 4.92 Å². The molecule has 2 aromatic heterocycles. The van der Waals surface area contributed by atoms with Crippen LogP contribution >= 0.6 is 11.6 Å². The second kappa shape index (κ2) is 3.48. The molecule has 2 rings (SSSR count). The average Bonchev–Trinajstić information content (AvgIpc) is 2.55. The average molecular weight is 227 g/mol. The van der Waals surface area contributed by atoms with Gasteiger partial charge >= 0.3 is 5.82 Å². The van der Waals surface area contributed by atoms with E-state index in [9.17, 15) is 10.1 Å². The van der Waals surface area contributed by atoms with Gasteiger partial charge in [0, 0.05) is 11.2 Å². The van der Waals surface area contributed by atoms with Crippen molar-refractivity contribution in [3.05, 3.63) is 39.3 Å². The van der Waals surface area contributed by atoms with E-state index >= 15 is 0 Å². The van der Waals surface area contributed by atoms with Crippen LogP contribution < -0.4 is 5.73 Å². The van der Waals surface area contributed by atoms with Crippen LogP contribution in [0.5, 0.6) is 0 Å². The van der Waals surface area contributed by atoms with Crippen LogP contribution in [0.1, 0.15) is 5.82 Å². The molecule has 6 nitrogen and oxygen atoms in total. The first-order valence-electron chi connectivity index (χ1n) is 4.14. The lowest BCUT2D eigenvalue weighted by molar-refractivity contribution is -0.387. The normalized spacial score (nSPS) is 10.8. The van der Waals surface area contributed by atoms with Crippen molar-refractivity contribution in [1.29, 1.82) is 0 Å². The molecule has 2 N–H and O–H groups in total. The Morgan fingerprint density at radius 1 is 1.67 bits per heavy atom. The van der Waals surface area contributed by atoms with E-state index in [1.807, 2.05) is 0 Å². The molecule has 0 amide bonds. The molecule has 0 fully saturated rings. The molecule has 0 aliphatic heterocycles. The summed E-state index contributed by atoms with van der Waals surface area (Å²) in [6, 6.07) is 3.12. The summed E-state index contributed by atoms with van der Waals surface area (Å²) in [5.74, 6) is 0.214. The smallest absolute Gasteiger partial charge is 0.358 e. The predicted octanol–water partition coefficient (Wildman–Crippen LogP) is 1.35. The van der Waals surface area contributed by atoms with Crippen LogP contribution in [-0.2, 0) is 6.54 Å². The molecular formula is C8H7ClN4O2. The number of imidazole rings is 1. The van der Waals surface area contributed by atoms with E-state index in [1.165, 1.54) is 6.07 Å². The standard InChI is InChI=1S/C8H7ClN4O2/c9-5-1-2-12-6(3-5)8(13(14)15)11-7(12)4-10/h1-3H,4,10H2. The van der Waals surface area contributed by atoms with Crippen LogP contribution in [0.25, 0.3) is 5.52 Å². The Balaban J connectivity index is 2.81. The van der Waals surface area contributed by atoms with E-state index in [2.05, 4.69) is 4.98 Å². The largest absolute Gasteiger partial charge is 0.389 e. The topological polar surface area (TPSA) is 86.5 Å². The molecule has 0 aliphatic carbocycles. The summed E-state index contributed by atoms with van der Waals surface area (Å²) in [6.45, 7) is 0.136. The van der Waals surface area contributed by atoms with E-state index in [0.29, 0.717) is 16.4 Å². The second-order valence-electron chi connectivity index (χ2n) is 2.91. The van der Waals surface area contributed by atoms with Crippen LogP contribution in [0, 0.1) is 10.1 Å². The molecule has 0 saturated heterocycles. The number of hydrogen-bond acceptors (Lipinski definition) is 4. The zero-order valence-electron chi connectivity index (χ0n) is 7.55. The van der Waals surface area contributed by atoms with Gasteiger partial charge in [-0.05, 0) is 22.0 Å². The lowest BCUT2D eigenvalue weighted by Gasteiger charge is -1.95. The molecule has 0 aliphatic rings. The lowest BCUT2D eigenvalue weighted by Crippen LogP contribution is -2.02. The van der Waals surface area contributed by atoms with Gasteiger partial charge in [-0.1, -0.05) is 11.6 Å². The Morgan fingerprint density at radius 2 is 2.40 bits per heavy atom. The molecule has 0 aromatic carbocycles. The van der Waals surface area contributed by atoms with Crippen molar-refractivity contribution in [1.82, 2.24) is 9.38 Å². The van der Waals surface area contributed by atoms with Gasteiger partial charge in [-0.15, -0.1) is 0 Å². The minimum atomic E-state index is -0.551. The van der Waals surface area contributed by atoms with Crippen molar-refractivity contribution >= 4 is 22.9 Å². The van der Waals surface area contributed by atoms with Gasteiger partial charge in [-0.3, -0.25) is 4.40 Å². The summed E-state index contributed by atoms with van der Waals surface area (Å²) < 4.78 is 1.56. The fourth-order valence-corrected chi connectivity index (χ4v) is 1.54. The highest BCUT2D eigenvalue weighted by Crippen LogP contribution is 2.23. The third kappa shape index (κ3) is 1.53.